The number of hydrogen-bond donors (Lipinski definition) is 3. The molecule has 4 N–H and O–H groups in total. The molecule has 3 aromatic rings. The van der Waals surface area contributed by atoms with Gasteiger partial charge in [-0.15, -0.1) is 0 Å². The maximum atomic E-state index is 11.0. The molecule has 3 rings (SSSR count). The largest absolute Gasteiger partial charge is 0.398 e. The van der Waals surface area contributed by atoms with Crippen LogP contribution in [0.5, 0.6) is 0 Å². The number of nitrogens with one attached hydrogen (secondary N) is 1. The van der Waals surface area contributed by atoms with Gasteiger partial charge < -0.3 is 10.8 Å². The monoisotopic (exact) mass is 418 g/mol. The van der Waals surface area contributed by atoms with Crippen LogP contribution in [-0.2, 0) is 0 Å². The van der Waals surface area contributed by atoms with Crippen molar-refractivity contribution in [2.24, 2.45) is 0 Å². The number of benzene rings is 3. The van der Waals surface area contributed by atoms with Crippen molar-refractivity contribution >= 4 is 28.2 Å². The van der Waals surface area contributed by atoms with Crippen molar-refractivity contribution in [3.05, 3.63) is 99.6 Å². The number of anilines is 1. The maximum absolute atomic E-state index is 11.0. The summed E-state index contributed by atoms with van der Waals surface area (Å²) in [6.07, 6.45) is -1.10. The minimum Gasteiger partial charge on any atom is -0.398 e. The Labute approximate surface area is 177 Å². The first-order valence-corrected chi connectivity index (χ1v) is 9.75. The molecule has 2 atom stereocenters. The van der Waals surface area contributed by atoms with Crippen molar-refractivity contribution in [3.63, 3.8) is 0 Å². The molecular formula is C22H18N4O3S. The summed E-state index contributed by atoms with van der Waals surface area (Å²) in [5, 5.41) is 39.9. The quantitative estimate of drug-likeness (QED) is 0.133. The van der Waals surface area contributed by atoms with Crippen LogP contribution >= 0.6 is 11.8 Å². The first kappa shape index (κ1) is 21.0. The molecule has 0 heterocycles. The van der Waals surface area contributed by atoms with E-state index in [9.17, 15) is 20.5 Å². The summed E-state index contributed by atoms with van der Waals surface area (Å²) in [5.74, 6) is -0.841. The van der Waals surface area contributed by atoms with Gasteiger partial charge >= 0.3 is 0 Å². The van der Waals surface area contributed by atoms with E-state index >= 15 is 0 Å². The van der Waals surface area contributed by atoms with Crippen LogP contribution in [0.1, 0.15) is 28.7 Å². The number of nitrogen functional groups attached to an aromatic ring is 1. The van der Waals surface area contributed by atoms with E-state index in [0.29, 0.717) is 27.3 Å². The van der Waals surface area contributed by atoms with Crippen LogP contribution in [0, 0.1) is 26.9 Å². The third-order valence-electron chi connectivity index (χ3n) is 4.49. The Bertz CT molecular complexity index is 1140. The first-order valence-electron chi connectivity index (χ1n) is 8.93. The van der Waals surface area contributed by atoms with Crippen molar-refractivity contribution in [3.8, 4) is 6.07 Å². The molecule has 0 radical (unpaired) electrons. The first-order chi connectivity index (χ1) is 14.4. The number of nitriles is 1. The number of hydrogen-bond acceptors (Lipinski definition) is 7. The highest BCUT2D eigenvalue weighted by molar-refractivity contribution is 8.14. The molecule has 0 aromatic heterocycles. The molecule has 2 unspecified atom stereocenters. The molecule has 30 heavy (non-hydrogen) atoms. The number of para-hydroxylation sites is 1. The zero-order valence-corrected chi connectivity index (χ0v) is 16.5. The Morgan fingerprint density at radius 3 is 2.37 bits per heavy atom. The summed E-state index contributed by atoms with van der Waals surface area (Å²) < 4.78 is 0. The van der Waals surface area contributed by atoms with Crippen molar-refractivity contribution in [1.82, 2.24) is 0 Å². The molecule has 3 aromatic carbocycles. The normalized spacial score (nSPS) is 12.5. The second-order valence-corrected chi connectivity index (χ2v) is 7.57. The minimum atomic E-state index is -1.10. The maximum Gasteiger partial charge on any atom is 0.269 e. The lowest BCUT2D eigenvalue weighted by atomic mass is 9.95. The van der Waals surface area contributed by atoms with Crippen LogP contribution < -0.4 is 5.73 Å². The molecule has 0 aliphatic carbocycles. The van der Waals surface area contributed by atoms with Crippen LogP contribution in [0.15, 0.2) is 77.7 Å². The number of nitro benzene ring substituents is 1. The fourth-order valence-corrected chi connectivity index (χ4v) is 3.82. The van der Waals surface area contributed by atoms with E-state index in [2.05, 4.69) is 6.07 Å². The average Bonchev–Trinajstić information content (AvgIpc) is 2.75. The molecule has 0 saturated carbocycles. The molecular weight excluding hydrogens is 400 g/mol. The molecule has 0 aliphatic rings. The van der Waals surface area contributed by atoms with Gasteiger partial charge in [-0.3, -0.25) is 15.5 Å². The van der Waals surface area contributed by atoms with E-state index in [4.69, 9.17) is 11.1 Å². The van der Waals surface area contributed by atoms with Gasteiger partial charge in [0.1, 0.15) is 12.0 Å². The van der Waals surface area contributed by atoms with E-state index in [1.54, 1.807) is 48.5 Å². The Morgan fingerprint density at radius 2 is 1.70 bits per heavy atom. The third-order valence-corrected chi connectivity index (χ3v) is 5.53. The van der Waals surface area contributed by atoms with Crippen molar-refractivity contribution < 1.29 is 10.0 Å². The van der Waals surface area contributed by atoms with E-state index in [1.165, 1.54) is 18.2 Å². The minimum absolute atomic E-state index is 0.109. The van der Waals surface area contributed by atoms with E-state index in [0.717, 1.165) is 11.8 Å². The highest BCUT2D eigenvalue weighted by atomic mass is 32.2. The van der Waals surface area contributed by atoms with Crippen LogP contribution in [0.2, 0.25) is 0 Å². The van der Waals surface area contributed by atoms with Crippen LogP contribution in [0.25, 0.3) is 0 Å². The number of rotatable bonds is 6. The zero-order chi connectivity index (χ0) is 21.7. The molecule has 0 fully saturated rings. The number of aliphatic hydroxyl groups is 1. The standard InChI is InChI=1S/C22H18N4O3S/c23-13-18(22(25)30-20-10-2-1-9-19(20)24)14-5-3-6-15(11-14)21(27)16-7-4-8-17(12-16)26(28)29/h1-12,18,21,25,27H,24H2. The van der Waals surface area contributed by atoms with Crippen molar-refractivity contribution in [2.45, 2.75) is 16.9 Å². The van der Waals surface area contributed by atoms with Crippen molar-refractivity contribution in [2.75, 3.05) is 5.73 Å². The average molecular weight is 418 g/mol. The van der Waals surface area contributed by atoms with Crippen LogP contribution in [0.3, 0.4) is 0 Å². The molecule has 7 nitrogen and oxygen atoms in total. The molecule has 150 valence electrons. The molecule has 0 spiro atoms. The van der Waals surface area contributed by atoms with Gasteiger partial charge in [-0.1, -0.05) is 60.3 Å². The number of aliphatic hydroxyl groups excluding tert-OH is 1. The van der Waals surface area contributed by atoms with Gasteiger partial charge in [-0.25, -0.2) is 0 Å². The number of thioether (sulfide) groups is 1. The summed E-state index contributed by atoms with van der Waals surface area (Å²) in [6, 6.07) is 21.7. The molecule has 8 heteroatoms. The number of nitrogens with two attached hydrogens (primary N) is 1. The Hall–Kier alpha value is -3.67. The summed E-state index contributed by atoms with van der Waals surface area (Å²) in [6.45, 7) is 0. The lowest BCUT2D eigenvalue weighted by molar-refractivity contribution is -0.385. The molecule has 0 amide bonds. The Kier molecular flexibility index (Phi) is 6.47. The second-order valence-electron chi connectivity index (χ2n) is 6.49. The fraction of sp³-hybridized carbons (Fsp3) is 0.0909. The highest BCUT2D eigenvalue weighted by Crippen LogP contribution is 2.33. The van der Waals surface area contributed by atoms with Gasteiger partial charge in [0.05, 0.1) is 16.0 Å². The van der Waals surface area contributed by atoms with Gasteiger partial charge in [-0.05, 0) is 28.8 Å². The predicted molar refractivity (Wildman–Crippen MR) is 116 cm³/mol. The van der Waals surface area contributed by atoms with E-state index in [1.807, 2.05) is 6.07 Å². The molecule has 0 aliphatic heterocycles. The van der Waals surface area contributed by atoms with E-state index in [-0.39, 0.29) is 10.7 Å². The van der Waals surface area contributed by atoms with Crippen LogP contribution in [0.4, 0.5) is 11.4 Å². The SMILES string of the molecule is N#CC(C(=N)Sc1ccccc1N)c1cccc(C(O)c2cccc([N+](=O)[O-])c2)c1. The lowest BCUT2D eigenvalue weighted by Crippen LogP contribution is -2.08. The smallest absolute Gasteiger partial charge is 0.269 e. The van der Waals surface area contributed by atoms with Gasteiger partial charge in [0.15, 0.2) is 0 Å². The Balaban J connectivity index is 1.87. The summed E-state index contributed by atoms with van der Waals surface area (Å²) in [4.78, 5) is 11.2. The molecule has 0 saturated heterocycles. The summed E-state index contributed by atoms with van der Waals surface area (Å²) in [7, 11) is 0. The predicted octanol–water partition coefficient (Wildman–Crippen LogP) is 4.64. The number of nitro groups is 1. The number of nitrogens with zero attached hydrogens (tertiary/aromatic N) is 2. The fourth-order valence-electron chi connectivity index (χ4n) is 2.94. The van der Waals surface area contributed by atoms with Crippen LogP contribution in [-0.4, -0.2) is 15.1 Å². The lowest BCUT2D eigenvalue weighted by Gasteiger charge is -2.16. The van der Waals surface area contributed by atoms with Crippen molar-refractivity contribution in [1.29, 1.82) is 10.7 Å². The summed E-state index contributed by atoms with van der Waals surface area (Å²) >= 11 is 1.11. The second kappa shape index (κ2) is 9.22. The van der Waals surface area contributed by atoms with Gasteiger partial charge in [-0.2, -0.15) is 5.26 Å². The Morgan fingerprint density at radius 1 is 1.07 bits per heavy atom. The number of non-ortho nitro benzene ring substituents is 1. The zero-order valence-electron chi connectivity index (χ0n) is 15.7. The topological polar surface area (TPSA) is 137 Å². The third kappa shape index (κ3) is 4.66. The van der Waals surface area contributed by atoms with E-state index < -0.39 is 16.9 Å². The summed E-state index contributed by atoms with van der Waals surface area (Å²) in [5.41, 5.74) is 7.74. The highest BCUT2D eigenvalue weighted by Gasteiger charge is 2.21. The van der Waals surface area contributed by atoms with Gasteiger partial charge in [0.2, 0.25) is 0 Å². The van der Waals surface area contributed by atoms with Gasteiger partial charge in [0.25, 0.3) is 5.69 Å². The molecule has 0 bridgehead atoms. The van der Waals surface area contributed by atoms with Gasteiger partial charge in [0, 0.05) is 22.7 Å².